The third-order valence-electron chi connectivity index (χ3n) is 3.34. The molecule has 0 atom stereocenters. The Hall–Kier alpha value is -2.65. The lowest BCUT2D eigenvalue weighted by atomic mass is 10.0. The summed E-state index contributed by atoms with van der Waals surface area (Å²) >= 11 is 5.70. The maximum atomic E-state index is 13.5. The molecule has 0 aliphatic heterocycles. The zero-order chi connectivity index (χ0) is 16.1. The van der Waals surface area contributed by atoms with E-state index in [0.29, 0.717) is 0 Å². The molecule has 0 amide bonds. The van der Waals surface area contributed by atoms with Crippen molar-refractivity contribution in [2.45, 2.75) is 0 Å². The van der Waals surface area contributed by atoms with Crippen LogP contribution in [0.5, 0.6) is 0 Å². The van der Waals surface area contributed by atoms with E-state index in [1.807, 2.05) is 54.6 Å². The van der Waals surface area contributed by atoms with Crippen molar-refractivity contribution in [2.24, 2.45) is 5.10 Å². The second-order valence-electron chi connectivity index (χ2n) is 4.99. The number of hydrogen-bond acceptors (Lipinski definition) is 2. The molecule has 0 fully saturated rings. The summed E-state index contributed by atoms with van der Waals surface area (Å²) < 4.78 is 13.5. The number of hydrazone groups is 1. The number of para-hydroxylation sites is 1. The maximum absolute atomic E-state index is 13.5. The molecule has 0 unspecified atom stereocenters. The molecule has 3 aromatic carbocycles. The first-order chi connectivity index (χ1) is 11.2. The normalized spacial score (nSPS) is 10.9. The van der Waals surface area contributed by atoms with Crippen LogP contribution in [0, 0.1) is 5.82 Å². The van der Waals surface area contributed by atoms with Crippen molar-refractivity contribution < 1.29 is 4.39 Å². The number of anilines is 1. The summed E-state index contributed by atoms with van der Waals surface area (Å²) in [4.78, 5) is 0. The van der Waals surface area contributed by atoms with Crippen molar-refractivity contribution in [2.75, 3.05) is 5.43 Å². The van der Waals surface area contributed by atoms with Crippen LogP contribution in [0.3, 0.4) is 0 Å². The Kier molecular flexibility index (Phi) is 4.69. The number of halogens is 2. The van der Waals surface area contributed by atoms with Crippen LogP contribution in [0.25, 0.3) is 11.1 Å². The fourth-order valence-electron chi connectivity index (χ4n) is 2.13. The molecule has 1 N–H and O–H groups in total. The van der Waals surface area contributed by atoms with Crippen LogP contribution < -0.4 is 5.43 Å². The molecule has 0 spiro atoms. The predicted molar refractivity (Wildman–Crippen MR) is 94.5 cm³/mol. The van der Waals surface area contributed by atoms with Gasteiger partial charge < -0.3 is 0 Å². The van der Waals surface area contributed by atoms with Crippen LogP contribution in [0.15, 0.2) is 77.9 Å². The summed E-state index contributed by atoms with van der Waals surface area (Å²) in [5, 5.41) is 4.32. The van der Waals surface area contributed by atoms with Gasteiger partial charge in [-0.05, 0) is 41.0 Å². The van der Waals surface area contributed by atoms with Gasteiger partial charge in [0.05, 0.1) is 16.9 Å². The zero-order valence-corrected chi connectivity index (χ0v) is 13.0. The van der Waals surface area contributed by atoms with E-state index in [9.17, 15) is 4.39 Å². The minimum absolute atomic E-state index is 0.129. The highest BCUT2D eigenvalue weighted by Gasteiger charge is 2.03. The fraction of sp³-hybridized carbons (Fsp3) is 0. The zero-order valence-electron chi connectivity index (χ0n) is 12.2. The van der Waals surface area contributed by atoms with E-state index in [4.69, 9.17) is 11.6 Å². The molecular formula is C19H14ClFN2. The molecule has 0 aromatic heterocycles. The fourth-order valence-corrected chi connectivity index (χ4v) is 2.25. The molecule has 0 bridgehead atoms. The van der Waals surface area contributed by atoms with Crippen LogP contribution in [0.4, 0.5) is 10.1 Å². The number of nitrogens with zero attached hydrogens (tertiary/aromatic N) is 1. The lowest BCUT2D eigenvalue weighted by Gasteiger charge is -2.04. The quantitative estimate of drug-likeness (QED) is 0.491. The lowest BCUT2D eigenvalue weighted by molar-refractivity contribution is 0.629. The van der Waals surface area contributed by atoms with Crippen LogP contribution in [0.2, 0.25) is 5.02 Å². The van der Waals surface area contributed by atoms with Crippen molar-refractivity contribution in [1.29, 1.82) is 0 Å². The van der Waals surface area contributed by atoms with Crippen molar-refractivity contribution in [1.82, 2.24) is 0 Å². The lowest BCUT2D eigenvalue weighted by Crippen LogP contribution is -1.90. The van der Waals surface area contributed by atoms with E-state index in [2.05, 4.69) is 10.5 Å². The van der Waals surface area contributed by atoms with Gasteiger partial charge in [0.1, 0.15) is 5.82 Å². The molecule has 0 radical (unpaired) electrons. The van der Waals surface area contributed by atoms with Gasteiger partial charge in [-0.1, -0.05) is 60.1 Å². The first-order valence-electron chi connectivity index (χ1n) is 7.12. The summed E-state index contributed by atoms with van der Waals surface area (Å²) in [6.07, 6.45) is 1.74. The van der Waals surface area contributed by atoms with E-state index >= 15 is 0 Å². The Labute approximate surface area is 139 Å². The van der Waals surface area contributed by atoms with Gasteiger partial charge in [0.25, 0.3) is 0 Å². The van der Waals surface area contributed by atoms with Crippen LogP contribution in [-0.2, 0) is 0 Å². The van der Waals surface area contributed by atoms with Gasteiger partial charge in [-0.2, -0.15) is 5.10 Å². The molecular weight excluding hydrogens is 311 g/mol. The molecule has 0 saturated carbocycles. The average molecular weight is 325 g/mol. The van der Waals surface area contributed by atoms with Gasteiger partial charge in [-0.3, -0.25) is 5.43 Å². The van der Waals surface area contributed by atoms with Crippen molar-refractivity contribution >= 4 is 23.5 Å². The van der Waals surface area contributed by atoms with Gasteiger partial charge in [0.15, 0.2) is 0 Å². The van der Waals surface area contributed by atoms with E-state index in [0.717, 1.165) is 22.4 Å². The second-order valence-corrected chi connectivity index (χ2v) is 5.39. The first-order valence-corrected chi connectivity index (χ1v) is 7.50. The minimum Gasteiger partial charge on any atom is -0.279 e. The van der Waals surface area contributed by atoms with Crippen LogP contribution in [-0.4, -0.2) is 6.21 Å². The summed E-state index contributed by atoms with van der Waals surface area (Å²) in [5.74, 6) is -0.415. The van der Waals surface area contributed by atoms with E-state index in [1.54, 1.807) is 18.3 Å². The van der Waals surface area contributed by atoms with Crippen molar-refractivity contribution in [3.8, 4) is 11.1 Å². The Morgan fingerprint density at radius 1 is 0.870 bits per heavy atom. The molecule has 114 valence electrons. The number of nitrogens with one attached hydrogen (secondary N) is 1. The Balaban J connectivity index is 1.70. The third kappa shape index (κ3) is 3.96. The highest BCUT2D eigenvalue weighted by Crippen LogP contribution is 2.24. The summed E-state index contributed by atoms with van der Waals surface area (Å²) in [6, 6.07) is 22.2. The molecule has 0 aliphatic carbocycles. The van der Waals surface area contributed by atoms with Gasteiger partial charge >= 0.3 is 0 Å². The molecule has 0 heterocycles. The molecule has 0 aliphatic rings. The number of benzene rings is 3. The molecule has 2 nitrogen and oxygen atoms in total. The standard InChI is InChI=1S/C19H14ClFN2/c20-18-11-10-16(12-19(18)21)15-8-6-14(7-9-15)13-22-23-17-4-2-1-3-5-17/h1-13,23H. The smallest absolute Gasteiger partial charge is 0.142 e. The number of hydrogen-bond donors (Lipinski definition) is 1. The summed E-state index contributed by atoms with van der Waals surface area (Å²) in [6.45, 7) is 0. The van der Waals surface area contributed by atoms with Crippen molar-refractivity contribution in [3.05, 3.63) is 89.2 Å². The topological polar surface area (TPSA) is 24.4 Å². The van der Waals surface area contributed by atoms with Gasteiger partial charge in [-0.15, -0.1) is 0 Å². The largest absolute Gasteiger partial charge is 0.279 e. The minimum atomic E-state index is -0.415. The Bertz CT molecular complexity index is 815. The van der Waals surface area contributed by atoms with E-state index in [-0.39, 0.29) is 5.02 Å². The molecule has 0 saturated heterocycles. The predicted octanol–water partition coefficient (Wildman–Crippen LogP) is 5.59. The monoisotopic (exact) mass is 324 g/mol. The van der Waals surface area contributed by atoms with Gasteiger partial charge in [-0.25, -0.2) is 4.39 Å². The highest BCUT2D eigenvalue weighted by atomic mass is 35.5. The van der Waals surface area contributed by atoms with E-state index in [1.165, 1.54) is 6.07 Å². The molecule has 23 heavy (non-hydrogen) atoms. The summed E-state index contributed by atoms with van der Waals surface area (Å²) in [7, 11) is 0. The Morgan fingerprint density at radius 3 is 2.26 bits per heavy atom. The average Bonchev–Trinajstić information content (AvgIpc) is 2.59. The molecule has 4 heteroatoms. The van der Waals surface area contributed by atoms with Crippen molar-refractivity contribution in [3.63, 3.8) is 0 Å². The molecule has 3 aromatic rings. The van der Waals surface area contributed by atoms with Gasteiger partial charge in [0.2, 0.25) is 0 Å². The molecule has 3 rings (SSSR count). The summed E-state index contributed by atoms with van der Waals surface area (Å²) in [5.41, 5.74) is 6.55. The highest BCUT2D eigenvalue weighted by molar-refractivity contribution is 6.30. The third-order valence-corrected chi connectivity index (χ3v) is 3.65. The maximum Gasteiger partial charge on any atom is 0.142 e. The Morgan fingerprint density at radius 2 is 1.57 bits per heavy atom. The first kappa shape index (κ1) is 15.3. The van der Waals surface area contributed by atoms with Crippen LogP contribution >= 0.6 is 11.6 Å². The van der Waals surface area contributed by atoms with Crippen LogP contribution in [0.1, 0.15) is 5.56 Å². The van der Waals surface area contributed by atoms with E-state index < -0.39 is 5.82 Å². The SMILES string of the molecule is Fc1cc(-c2ccc(C=NNc3ccccc3)cc2)ccc1Cl. The number of rotatable bonds is 4. The second kappa shape index (κ2) is 7.07. The van der Waals surface area contributed by atoms with Gasteiger partial charge in [0, 0.05) is 0 Å².